The van der Waals surface area contributed by atoms with E-state index in [1.54, 1.807) is 0 Å². The van der Waals surface area contributed by atoms with Crippen LogP contribution in [-0.4, -0.2) is 37.2 Å². The third-order valence-corrected chi connectivity index (χ3v) is 12.3. The lowest BCUT2D eigenvalue weighted by Gasteiger charge is -2.18. The quantitative estimate of drug-likeness (QED) is 0.0199. The monoisotopic (exact) mass is 911 g/mol. The van der Waals surface area contributed by atoms with E-state index in [-0.39, 0.29) is 37.5 Å². The fraction of sp³-hybridized carbons (Fsp3) is 0.814. The van der Waals surface area contributed by atoms with Crippen LogP contribution in [0.5, 0.6) is 0 Å². The number of carbonyl (C=O) groups is 3. The predicted molar refractivity (Wildman–Crippen MR) is 279 cm³/mol. The van der Waals surface area contributed by atoms with Gasteiger partial charge in [0.2, 0.25) is 0 Å². The fourth-order valence-electron chi connectivity index (χ4n) is 8.08. The molecule has 1 unspecified atom stereocenters. The van der Waals surface area contributed by atoms with Gasteiger partial charge in [0, 0.05) is 19.3 Å². The average molecular weight is 911 g/mol. The van der Waals surface area contributed by atoms with Crippen molar-refractivity contribution in [2.24, 2.45) is 0 Å². The van der Waals surface area contributed by atoms with Gasteiger partial charge in [-0.2, -0.15) is 0 Å². The van der Waals surface area contributed by atoms with E-state index in [2.05, 4.69) is 63.3 Å². The largest absolute Gasteiger partial charge is 0.462 e. The molecule has 0 saturated heterocycles. The molecule has 0 radical (unpaired) electrons. The zero-order valence-electron chi connectivity index (χ0n) is 43.3. The number of esters is 3. The molecule has 6 heteroatoms. The number of unbranched alkanes of at least 4 members (excludes halogenated alkanes) is 33. The summed E-state index contributed by atoms with van der Waals surface area (Å²) in [5.74, 6) is -0.950. The number of ether oxygens (including phenoxy) is 3. The van der Waals surface area contributed by atoms with Crippen LogP contribution >= 0.6 is 0 Å². The maximum absolute atomic E-state index is 12.8. The molecule has 0 fully saturated rings. The lowest BCUT2D eigenvalue weighted by atomic mass is 10.0. The lowest BCUT2D eigenvalue weighted by molar-refractivity contribution is -0.166. The minimum absolute atomic E-state index is 0.0891. The molecule has 0 aliphatic heterocycles. The van der Waals surface area contributed by atoms with E-state index >= 15 is 0 Å². The molecule has 0 bridgehead atoms. The summed E-state index contributed by atoms with van der Waals surface area (Å²) in [6, 6.07) is 0. The molecule has 0 aromatic carbocycles. The normalized spacial score (nSPS) is 12.4. The molecular weight excluding hydrogens is 805 g/mol. The second-order valence-electron chi connectivity index (χ2n) is 18.9. The van der Waals surface area contributed by atoms with Gasteiger partial charge >= 0.3 is 17.9 Å². The summed E-state index contributed by atoms with van der Waals surface area (Å²) in [5.41, 5.74) is 0. The van der Waals surface area contributed by atoms with E-state index in [1.165, 1.54) is 193 Å². The van der Waals surface area contributed by atoms with Gasteiger partial charge in [-0.3, -0.25) is 14.4 Å². The van der Waals surface area contributed by atoms with Crippen molar-refractivity contribution in [1.29, 1.82) is 0 Å². The van der Waals surface area contributed by atoms with Crippen molar-refractivity contribution in [3.8, 4) is 0 Å². The molecule has 0 spiro atoms. The highest BCUT2D eigenvalue weighted by Gasteiger charge is 2.19. The van der Waals surface area contributed by atoms with E-state index in [0.717, 1.165) is 51.4 Å². The van der Waals surface area contributed by atoms with Crippen LogP contribution in [0.3, 0.4) is 0 Å². The van der Waals surface area contributed by atoms with Crippen LogP contribution < -0.4 is 0 Å². The van der Waals surface area contributed by atoms with E-state index in [4.69, 9.17) is 14.2 Å². The van der Waals surface area contributed by atoms with Crippen LogP contribution in [0, 0.1) is 0 Å². The molecule has 1 atom stereocenters. The third kappa shape index (κ3) is 52.2. The van der Waals surface area contributed by atoms with Gasteiger partial charge in [-0.1, -0.05) is 256 Å². The van der Waals surface area contributed by atoms with Gasteiger partial charge < -0.3 is 14.2 Å². The summed E-state index contributed by atoms with van der Waals surface area (Å²) in [7, 11) is 0. The maximum atomic E-state index is 12.8. The van der Waals surface area contributed by atoms with Crippen LogP contribution in [0.25, 0.3) is 0 Å². The van der Waals surface area contributed by atoms with Gasteiger partial charge in [0.05, 0.1) is 0 Å². The van der Waals surface area contributed by atoms with Crippen LogP contribution in [0.1, 0.15) is 290 Å². The molecule has 0 aliphatic carbocycles. The van der Waals surface area contributed by atoms with Crippen LogP contribution in [-0.2, 0) is 28.6 Å². The smallest absolute Gasteiger partial charge is 0.306 e. The predicted octanol–water partition coefficient (Wildman–Crippen LogP) is 18.7. The molecule has 378 valence electrons. The Hall–Kier alpha value is -2.63. The highest BCUT2D eigenvalue weighted by Crippen LogP contribution is 2.16. The number of carbonyl (C=O) groups excluding carboxylic acids is 3. The molecule has 6 nitrogen and oxygen atoms in total. The van der Waals surface area contributed by atoms with Crippen LogP contribution in [0.2, 0.25) is 0 Å². The number of rotatable bonds is 51. The first kappa shape index (κ1) is 62.4. The van der Waals surface area contributed by atoms with Gasteiger partial charge in [-0.05, 0) is 64.2 Å². The SMILES string of the molecule is CCCCC/C=C\C=C/CCCCCCCCCCCCC(=O)OCC(COC(=O)CC/C=C\C/C=C\CCCCCCCC)OC(=O)CCCCCCCCCCCCCCCCC. The topological polar surface area (TPSA) is 78.9 Å². The van der Waals surface area contributed by atoms with Crippen molar-refractivity contribution < 1.29 is 28.6 Å². The summed E-state index contributed by atoms with van der Waals surface area (Å²) in [6.07, 6.45) is 65.4. The summed E-state index contributed by atoms with van der Waals surface area (Å²) < 4.78 is 16.8. The Morgan fingerprint density at radius 3 is 1.06 bits per heavy atom. The van der Waals surface area contributed by atoms with Crippen molar-refractivity contribution in [2.75, 3.05) is 13.2 Å². The third-order valence-electron chi connectivity index (χ3n) is 12.3. The second kappa shape index (κ2) is 54.0. The molecule has 0 N–H and O–H groups in total. The van der Waals surface area contributed by atoms with E-state index in [1.807, 2.05) is 6.08 Å². The van der Waals surface area contributed by atoms with Gasteiger partial charge in [0.1, 0.15) is 13.2 Å². The van der Waals surface area contributed by atoms with E-state index in [0.29, 0.717) is 19.3 Å². The first-order valence-electron chi connectivity index (χ1n) is 28.2. The zero-order valence-corrected chi connectivity index (χ0v) is 43.3. The molecule has 0 aliphatic rings. The lowest BCUT2D eigenvalue weighted by Crippen LogP contribution is -2.30. The number of hydrogen-bond acceptors (Lipinski definition) is 6. The molecule has 65 heavy (non-hydrogen) atoms. The zero-order chi connectivity index (χ0) is 47.2. The standard InChI is InChI=1S/C59H106O6/c1-4-7-10-13-16-19-22-25-27-28-29-30-32-34-37-40-43-46-49-52-58(61)64-55-56(54-63-57(60)51-48-45-42-39-36-33-24-21-18-15-12-9-6-3)65-59(62)53-50-47-44-41-38-35-31-26-23-20-17-14-11-8-5-2/h16,19,22,25,33,36,42,45,56H,4-15,17-18,20-21,23-24,26-32,34-35,37-41,43-44,46-55H2,1-3H3/b19-16-,25-22-,36-33-,45-42-. The van der Waals surface area contributed by atoms with Crippen LogP contribution in [0.4, 0.5) is 0 Å². The van der Waals surface area contributed by atoms with Gasteiger partial charge in [-0.15, -0.1) is 0 Å². The maximum Gasteiger partial charge on any atom is 0.306 e. The average Bonchev–Trinajstić information content (AvgIpc) is 3.30. The second-order valence-corrected chi connectivity index (χ2v) is 18.9. The van der Waals surface area contributed by atoms with Crippen molar-refractivity contribution in [3.05, 3.63) is 48.6 Å². The summed E-state index contributed by atoms with van der Waals surface area (Å²) >= 11 is 0. The minimum Gasteiger partial charge on any atom is -0.462 e. The Morgan fingerprint density at radius 2 is 0.631 bits per heavy atom. The summed E-state index contributed by atoms with van der Waals surface area (Å²) in [4.78, 5) is 38.0. The van der Waals surface area contributed by atoms with Gasteiger partial charge in [0.25, 0.3) is 0 Å². The molecule has 0 saturated carbocycles. The van der Waals surface area contributed by atoms with Crippen molar-refractivity contribution >= 4 is 17.9 Å². The fourth-order valence-corrected chi connectivity index (χ4v) is 8.08. The first-order valence-corrected chi connectivity index (χ1v) is 28.2. The molecule has 0 amide bonds. The van der Waals surface area contributed by atoms with Crippen LogP contribution in [0.15, 0.2) is 48.6 Å². The van der Waals surface area contributed by atoms with Crippen molar-refractivity contribution in [3.63, 3.8) is 0 Å². The Morgan fingerprint density at radius 1 is 0.323 bits per heavy atom. The first-order chi connectivity index (χ1) is 32.0. The molecular formula is C59H106O6. The Bertz CT molecular complexity index is 1140. The molecule has 0 aromatic heterocycles. The number of hydrogen-bond donors (Lipinski definition) is 0. The molecule has 0 heterocycles. The Kier molecular flexibility index (Phi) is 51.8. The minimum atomic E-state index is -0.794. The van der Waals surface area contributed by atoms with Crippen molar-refractivity contribution in [1.82, 2.24) is 0 Å². The molecule has 0 rings (SSSR count). The molecule has 0 aromatic rings. The van der Waals surface area contributed by atoms with Crippen molar-refractivity contribution in [2.45, 2.75) is 297 Å². The highest BCUT2D eigenvalue weighted by atomic mass is 16.6. The number of allylic oxidation sites excluding steroid dienone is 8. The Balaban J connectivity index is 4.38. The van der Waals surface area contributed by atoms with E-state index in [9.17, 15) is 14.4 Å². The Labute approximate surface area is 403 Å². The summed E-state index contributed by atoms with van der Waals surface area (Å²) in [6.45, 7) is 6.58. The van der Waals surface area contributed by atoms with Gasteiger partial charge in [0.15, 0.2) is 6.10 Å². The highest BCUT2D eigenvalue weighted by molar-refractivity contribution is 5.71. The van der Waals surface area contributed by atoms with Gasteiger partial charge in [-0.25, -0.2) is 0 Å². The summed E-state index contributed by atoms with van der Waals surface area (Å²) in [5, 5.41) is 0. The van der Waals surface area contributed by atoms with E-state index < -0.39 is 6.10 Å².